The van der Waals surface area contributed by atoms with Crippen LogP contribution in [0.5, 0.6) is 5.75 Å². The molecule has 0 saturated carbocycles. The molecule has 3 heterocycles. The summed E-state index contributed by atoms with van der Waals surface area (Å²) in [7, 11) is 1.67. The smallest absolute Gasteiger partial charge is 0.354 e. The number of amidine groups is 1. The van der Waals surface area contributed by atoms with Crippen LogP contribution in [0.3, 0.4) is 0 Å². The lowest BCUT2D eigenvalue weighted by Gasteiger charge is -2.31. The summed E-state index contributed by atoms with van der Waals surface area (Å²) in [5.74, 6) is 1.28. The van der Waals surface area contributed by atoms with Crippen molar-refractivity contribution in [3.05, 3.63) is 76.3 Å². The van der Waals surface area contributed by atoms with Crippen molar-refractivity contribution < 1.29 is 4.74 Å². The van der Waals surface area contributed by atoms with Gasteiger partial charge in [0, 0.05) is 41.8 Å². The predicted molar refractivity (Wildman–Crippen MR) is 170 cm³/mol. The van der Waals surface area contributed by atoms with E-state index < -0.39 is 0 Å². The fourth-order valence-electron chi connectivity index (χ4n) is 5.88. The van der Waals surface area contributed by atoms with Crippen LogP contribution in [0.1, 0.15) is 69.5 Å². The van der Waals surface area contributed by atoms with Gasteiger partial charge < -0.3 is 26.1 Å². The highest BCUT2D eigenvalue weighted by Gasteiger charge is 2.22. The highest BCUT2D eigenvalue weighted by atomic mass is 16.5. The molecule has 9 nitrogen and oxygen atoms in total. The molecule has 1 saturated heterocycles. The molecule has 6 N–H and O–H groups in total. The summed E-state index contributed by atoms with van der Waals surface area (Å²) in [5, 5.41) is 15.3. The monoisotopic (exact) mass is 569 g/mol. The van der Waals surface area contributed by atoms with Crippen LogP contribution in [0, 0.1) is 5.41 Å². The number of ether oxygens (including phenoxy) is 1. The van der Waals surface area contributed by atoms with Crippen LogP contribution >= 0.6 is 0 Å². The number of aryl methyl sites for hydroxylation is 1. The first kappa shape index (κ1) is 29.5. The maximum atomic E-state index is 13.1. The average Bonchev–Trinajstić information content (AvgIpc) is 3.39. The fourth-order valence-corrected chi connectivity index (χ4v) is 5.88. The van der Waals surface area contributed by atoms with Crippen molar-refractivity contribution >= 4 is 16.9 Å². The van der Waals surface area contributed by atoms with Crippen LogP contribution in [-0.4, -0.2) is 46.1 Å². The van der Waals surface area contributed by atoms with Gasteiger partial charge in [-0.2, -0.15) is 4.98 Å². The second-order valence-corrected chi connectivity index (χ2v) is 11.6. The molecule has 9 heteroatoms. The lowest BCUT2D eigenvalue weighted by molar-refractivity contribution is 0.312. The lowest BCUT2D eigenvalue weighted by Crippen LogP contribution is -2.39. The highest BCUT2D eigenvalue weighted by Crippen LogP contribution is 2.33. The Morgan fingerprint density at radius 3 is 2.76 bits per heavy atom. The highest BCUT2D eigenvalue weighted by molar-refractivity contribution is 5.84. The molecule has 0 amide bonds. The summed E-state index contributed by atoms with van der Waals surface area (Å²) < 4.78 is 7.27. The van der Waals surface area contributed by atoms with Crippen LogP contribution in [0.25, 0.3) is 28.0 Å². The number of aromatic amines is 1. The van der Waals surface area contributed by atoms with Crippen LogP contribution in [0.4, 0.5) is 0 Å². The maximum Gasteiger partial charge on any atom is 0.354 e. The molecule has 2 aromatic carbocycles. The largest absolute Gasteiger partial charge is 0.496 e. The molecule has 1 aliphatic heterocycles. The Morgan fingerprint density at radius 2 is 2.02 bits per heavy atom. The minimum atomic E-state index is -0.329. The molecule has 222 valence electrons. The number of nitrogens with two attached hydrogens (primary N) is 1. The predicted octanol–water partition coefficient (Wildman–Crippen LogP) is 5.22. The third-order valence-corrected chi connectivity index (χ3v) is 8.13. The topological polar surface area (TPSA) is 134 Å². The van der Waals surface area contributed by atoms with Crippen molar-refractivity contribution in [1.29, 1.82) is 5.41 Å². The van der Waals surface area contributed by atoms with Crippen LogP contribution in [0.15, 0.2) is 59.5 Å². The van der Waals surface area contributed by atoms with Gasteiger partial charge in [-0.15, -0.1) is 0 Å². The number of nitrogens with zero attached hydrogens (tertiary/aromatic N) is 2. The molecule has 42 heavy (non-hydrogen) atoms. The standard InChI is InChI=1S/C33H43N7O2/c1-21(34)6-4-7-23-10-15-31(42-3)28(18-23)30-19-25-20-40(33(41)39-32(25)38-30)27-13-11-24(12-14-27)29-9-5-8-26(37-29)16-17-36-22(2)35/h10-15,18-21,26,29,37H,4-9,16-17,34H2,1-3H3,(H2,35,36)(H,38,39,41)/t21-,26-,29-/m0/s1. The van der Waals surface area contributed by atoms with Crippen molar-refractivity contribution in [2.75, 3.05) is 13.7 Å². The number of hydrogen-bond acceptors (Lipinski definition) is 6. The zero-order chi connectivity index (χ0) is 29.6. The maximum absolute atomic E-state index is 13.1. The van der Waals surface area contributed by atoms with E-state index in [9.17, 15) is 4.79 Å². The van der Waals surface area contributed by atoms with E-state index in [1.165, 1.54) is 17.5 Å². The number of aromatic nitrogens is 3. The third-order valence-electron chi connectivity index (χ3n) is 8.13. The van der Waals surface area contributed by atoms with E-state index in [0.29, 0.717) is 17.5 Å². The number of fused-ring (bicyclic) bond motifs is 1. The Labute approximate surface area is 247 Å². The Bertz CT molecular complexity index is 1570. The minimum absolute atomic E-state index is 0.193. The second-order valence-electron chi connectivity index (χ2n) is 11.6. The first-order chi connectivity index (χ1) is 20.3. The van der Waals surface area contributed by atoms with Gasteiger partial charge in [0.15, 0.2) is 0 Å². The fraction of sp³-hybridized carbons (Fsp3) is 0.424. The van der Waals surface area contributed by atoms with E-state index in [0.717, 1.165) is 73.2 Å². The summed E-state index contributed by atoms with van der Waals surface area (Å²) in [6, 6.07) is 17.4. The number of nitrogens with one attached hydrogen (secondary N) is 4. The van der Waals surface area contributed by atoms with E-state index in [2.05, 4.69) is 44.9 Å². The first-order valence-electron chi connectivity index (χ1n) is 15.0. The van der Waals surface area contributed by atoms with Crippen LogP contribution in [-0.2, 0) is 6.42 Å². The molecular weight excluding hydrogens is 526 g/mol. The summed E-state index contributed by atoms with van der Waals surface area (Å²) in [5.41, 5.74) is 11.2. The molecule has 1 aliphatic rings. The first-order valence-corrected chi connectivity index (χ1v) is 15.0. The van der Waals surface area contributed by atoms with Gasteiger partial charge in [0.1, 0.15) is 11.4 Å². The van der Waals surface area contributed by atoms with Gasteiger partial charge in [0.25, 0.3) is 0 Å². The van der Waals surface area contributed by atoms with Gasteiger partial charge in [0.05, 0.1) is 24.3 Å². The average molecular weight is 570 g/mol. The minimum Gasteiger partial charge on any atom is -0.496 e. The molecule has 0 spiro atoms. The van der Waals surface area contributed by atoms with Gasteiger partial charge in [0.2, 0.25) is 0 Å². The van der Waals surface area contributed by atoms with Crippen molar-refractivity contribution in [2.45, 2.75) is 76.9 Å². The van der Waals surface area contributed by atoms with E-state index in [-0.39, 0.29) is 17.8 Å². The van der Waals surface area contributed by atoms with Crippen molar-refractivity contribution in [3.63, 3.8) is 0 Å². The van der Waals surface area contributed by atoms with Crippen molar-refractivity contribution in [3.8, 4) is 22.7 Å². The van der Waals surface area contributed by atoms with E-state index >= 15 is 0 Å². The molecule has 0 aliphatic carbocycles. The van der Waals surface area contributed by atoms with Crippen molar-refractivity contribution in [1.82, 2.24) is 25.2 Å². The molecule has 0 unspecified atom stereocenters. The summed E-state index contributed by atoms with van der Waals surface area (Å²) in [4.78, 5) is 20.8. The zero-order valence-electron chi connectivity index (χ0n) is 24.9. The molecule has 1 fully saturated rings. The van der Waals surface area contributed by atoms with Gasteiger partial charge in [-0.05, 0) is 93.8 Å². The number of rotatable bonds is 11. The Balaban J connectivity index is 1.34. The molecule has 5 rings (SSSR count). The van der Waals surface area contributed by atoms with Gasteiger partial charge in [-0.3, -0.25) is 9.98 Å². The summed E-state index contributed by atoms with van der Waals surface area (Å²) in [6.07, 6.45) is 9.20. The molecule has 4 aromatic rings. The van der Waals surface area contributed by atoms with Crippen LogP contribution in [0.2, 0.25) is 0 Å². The van der Waals surface area contributed by atoms with E-state index in [4.69, 9.17) is 15.9 Å². The SMILES string of the molecule is COc1ccc(CCC[C@H](C)N)cc1-c1cc2cn(-c3ccc([C@@H]4CCC[C@@H](CCNC(C)=N)N4)cc3)c(=O)nc2[nH]1. The Morgan fingerprint density at radius 1 is 1.21 bits per heavy atom. The molecule has 2 aromatic heterocycles. The summed E-state index contributed by atoms with van der Waals surface area (Å²) in [6.45, 7) is 4.62. The number of methoxy groups -OCH3 is 1. The Kier molecular flexibility index (Phi) is 9.39. The number of hydrogen-bond donors (Lipinski definition) is 5. The quantitative estimate of drug-likeness (QED) is 0.124. The number of piperidine rings is 1. The van der Waals surface area contributed by atoms with Crippen molar-refractivity contribution in [2.24, 2.45) is 5.73 Å². The van der Waals surface area contributed by atoms with Gasteiger partial charge >= 0.3 is 5.69 Å². The number of benzene rings is 2. The summed E-state index contributed by atoms with van der Waals surface area (Å²) >= 11 is 0. The molecule has 0 bridgehead atoms. The third kappa shape index (κ3) is 7.09. The number of H-pyrrole nitrogens is 1. The molecule has 0 radical (unpaired) electrons. The Hall–Kier alpha value is -3.95. The molecular formula is C33H43N7O2. The van der Waals surface area contributed by atoms with Gasteiger partial charge in [-0.25, -0.2) is 4.79 Å². The normalized spacial score (nSPS) is 17.7. The molecule has 3 atom stereocenters. The lowest BCUT2D eigenvalue weighted by atomic mass is 9.92. The van der Waals surface area contributed by atoms with Crippen LogP contribution < -0.4 is 26.8 Å². The second kappa shape index (κ2) is 13.4. The van der Waals surface area contributed by atoms with Gasteiger partial charge in [-0.1, -0.05) is 24.6 Å². The zero-order valence-corrected chi connectivity index (χ0v) is 24.9. The van der Waals surface area contributed by atoms with E-state index in [1.807, 2.05) is 37.4 Å². The van der Waals surface area contributed by atoms with E-state index in [1.54, 1.807) is 18.6 Å².